The summed E-state index contributed by atoms with van der Waals surface area (Å²) in [4.78, 5) is 12.2. The molecule has 19 heavy (non-hydrogen) atoms. The van der Waals surface area contributed by atoms with Crippen LogP contribution in [-0.4, -0.2) is 5.91 Å². The number of anilines is 1. The second-order valence-electron chi connectivity index (χ2n) is 4.55. The van der Waals surface area contributed by atoms with Crippen molar-refractivity contribution in [3.63, 3.8) is 0 Å². The van der Waals surface area contributed by atoms with Crippen LogP contribution in [0.3, 0.4) is 0 Å². The van der Waals surface area contributed by atoms with Gasteiger partial charge in [-0.15, -0.1) is 0 Å². The number of carbonyl (C=O) groups is 1. The minimum absolute atomic E-state index is 0.0722. The van der Waals surface area contributed by atoms with E-state index in [1.807, 2.05) is 42.5 Å². The van der Waals surface area contributed by atoms with Crippen molar-refractivity contribution >= 4 is 27.5 Å². The smallest absolute Gasteiger partial charge is 0.255 e. The molecule has 2 N–H and O–H groups in total. The van der Waals surface area contributed by atoms with E-state index in [-0.39, 0.29) is 5.91 Å². The van der Waals surface area contributed by atoms with Gasteiger partial charge in [0.2, 0.25) is 0 Å². The first kappa shape index (κ1) is 12.4. The third-order valence-electron chi connectivity index (χ3n) is 3.20. The Morgan fingerprint density at radius 1 is 1.05 bits per heavy atom. The molecule has 1 aliphatic heterocycles. The minimum Gasteiger partial charge on any atom is -0.322 e. The Labute approximate surface area is 120 Å². The summed E-state index contributed by atoms with van der Waals surface area (Å²) in [6, 6.07) is 13.4. The van der Waals surface area contributed by atoms with E-state index in [1.165, 1.54) is 11.1 Å². The number of hydrogen-bond acceptors (Lipinski definition) is 2. The Morgan fingerprint density at radius 2 is 1.79 bits per heavy atom. The van der Waals surface area contributed by atoms with Gasteiger partial charge in [0.25, 0.3) is 5.91 Å². The van der Waals surface area contributed by atoms with Gasteiger partial charge in [0, 0.05) is 28.8 Å². The molecule has 2 aromatic rings. The maximum absolute atomic E-state index is 12.2. The van der Waals surface area contributed by atoms with Gasteiger partial charge in [-0.2, -0.15) is 0 Å². The highest BCUT2D eigenvalue weighted by Crippen LogP contribution is 2.19. The Kier molecular flexibility index (Phi) is 3.36. The first-order valence-electron chi connectivity index (χ1n) is 6.12. The zero-order valence-corrected chi connectivity index (χ0v) is 11.8. The molecule has 0 unspecified atom stereocenters. The van der Waals surface area contributed by atoms with Gasteiger partial charge in [-0.3, -0.25) is 4.79 Å². The quantitative estimate of drug-likeness (QED) is 0.892. The predicted molar refractivity (Wildman–Crippen MR) is 79.1 cm³/mol. The highest BCUT2D eigenvalue weighted by atomic mass is 79.9. The number of nitrogens with one attached hydrogen (secondary N) is 2. The number of rotatable bonds is 2. The molecule has 0 atom stereocenters. The standard InChI is InChI=1S/C15H13BrN2O/c16-13-3-5-14(6-4-13)18-15(19)10-1-2-11-8-17-9-12(11)7-10/h1-7,17H,8-9H2,(H,18,19). The van der Waals surface area contributed by atoms with Gasteiger partial charge in [0.15, 0.2) is 0 Å². The van der Waals surface area contributed by atoms with E-state index in [0.29, 0.717) is 5.56 Å². The zero-order valence-electron chi connectivity index (χ0n) is 10.2. The lowest BCUT2D eigenvalue weighted by atomic mass is 10.1. The number of benzene rings is 2. The molecule has 0 fully saturated rings. The Bertz CT molecular complexity index is 623. The van der Waals surface area contributed by atoms with E-state index >= 15 is 0 Å². The molecule has 3 rings (SSSR count). The number of carbonyl (C=O) groups excluding carboxylic acids is 1. The fourth-order valence-electron chi connectivity index (χ4n) is 2.17. The molecule has 3 nitrogen and oxygen atoms in total. The Hall–Kier alpha value is -1.65. The van der Waals surface area contributed by atoms with Gasteiger partial charge in [0.1, 0.15) is 0 Å². The highest BCUT2D eigenvalue weighted by Gasteiger charge is 2.13. The van der Waals surface area contributed by atoms with Crippen LogP contribution < -0.4 is 10.6 Å². The lowest BCUT2D eigenvalue weighted by molar-refractivity contribution is 0.102. The summed E-state index contributed by atoms with van der Waals surface area (Å²) in [5.74, 6) is -0.0722. The fraction of sp³-hybridized carbons (Fsp3) is 0.133. The first-order valence-corrected chi connectivity index (χ1v) is 6.91. The third-order valence-corrected chi connectivity index (χ3v) is 3.73. The van der Waals surface area contributed by atoms with Crippen molar-refractivity contribution in [3.8, 4) is 0 Å². The van der Waals surface area contributed by atoms with Crippen LogP contribution >= 0.6 is 15.9 Å². The summed E-state index contributed by atoms with van der Waals surface area (Å²) < 4.78 is 0.995. The van der Waals surface area contributed by atoms with Crippen LogP contribution in [0.25, 0.3) is 0 Å². The van der Waals surface area contributed by atoms with Gasteiger partial charge in [-0.25, -0.2) is 0 Å². The zero-order chi connectivity index (χ0) is 13.2. The highest BCUT2D eigenvalue weighted by molar-refractivity contribution is 9.10. The predicted octanol–water partition coefficient (Wildman–Crippen LogP) is 3.30. The van der Waals surface area contributed by atoms with Crippen LogP contribution in [0.4, 0.5) is 5.69 Å². The summed E-state index contributed by atoms with van der Waals surface area (Å²) in [5.41, 5.74) is 3.99. The average Bonchev–Trinajstić information content (AvgIpc) is 2.88. The monoisotopic (exact) mass is 316 g/mol. The fourth-order valence-corrected chi connectivity index (χ4v) is 2.44. The number of hydrogen-bond donors (Lipinski definition) is 2. The lowest BCUT2D eigenvalue weighted by Crippen LogP contribution is -2.12. The van der Waals surface area contributed by atoms with E-state index in [4.69, 9.17) is 0 Å². The molecule has 0 radical (unpaired) electrons. The average molecular weight is 317 g/mol. The van der Waals surface area contributed by atoms with Crippen LogP contribution in [0.5, 0.6) is 0 Å². The van der Waals surface area contributed by atoms with E-state index in [1.54, 1.807) is 0 Å². The molecule has 0 saturated carbocycles. The molecule has 96 valence electrons. The summed E-state index contributed by atoms with van der Waals surface area (Å²) in [5, 5.41) is 6.17. The number of fused-ring (bicyclic) bond motifs is 1. The normalized spacial score (nSPS) is 13.1. The van der Waals surface area contributed by atoms with E-state index in [0.717, 1.165) is 23.2 Å². The van der Waals surface area contributed by atoms with Gasteiger partial charge < -0.3 is 10.6 Å². The van der Waals surface area contributed by atoms with Gasteiger partial charge >= 0.3 is 0 Å². The summed E-state index contributed by atoms with van der Waals surface area (Å²) >= 11 is 3.37. The van der Waals surface area contributed by atoms with E-state index in [2.05, 4.69) is 26.6 Å². The second kappa shape index (κ2) is 5.15. The van der Waals surface area contributed by atoms with Crippen molar-refractivity contribution in [2.75, 3.05) is 5.32 Å². The molecule has 0 aromatic heterocycles. The van der Waals surface area contributed by atoms with Crippen molar-refractivity contribution in [3.05, 3.63) is 63.6 Å². The molecule has 0 aliphatic carbocycles. The molecule has 1 aliphatic rings. The molecule has 0 spiro atoms. The number of halogens is 1. The second-order valence-corrected chi connectivity index (χ2v) is 5.46. The topological polar surface area (TPSA) is 41.1 Å². The lowest BCUT2D eigenvalue weighted by Gasteiger charge is -2.07. The number of amides is 1. The largest absolute Gasteiger partial charge is 0.322 e. The summed E-state index contributed by atoms with van der Waals surface area (Å²) in [7, 11) is 0. The van der Waals surface area contributed by atoms with Crippen molar-refractivity contribution in [1.82, 2.24) is 5.32 Å². The molecule has 0 bridgehead atoms. The van der Waals surface area contributed by atoms with Crippen molar-refractivity contribution < 1.29 is 4.79 Å². The summed E-state index contributed by atoms with van der Waals surface area (Å²) in [6.45, 7) is 1.73. The molecule has 2 aromatic carbocycles. The maximum atomic E-state index is 12.2. The van der Waals surface area contributed by atoms with Gasteiger partial charge in [-0.1, -0.05) is 22.0 Å². The molecule has 0 saturated heterocycles. The van der Waals surface area contributed by atoms with E-state index in [9.17, 15) is 4.79 Å². The molecule has 1 heterocycles. The summed E-state index contributed by atoms with van der Waals surface area (Å²) in [6.07, 6.45) is 0. The molecule has 4 heteroatoms. The third kappa shape index (κ3) is 2.69. The maximum Gasteiger partial charge on any atom is 0.255 e. The van der Waals surface area contributed by atoms with E-state index < -0.39 is 0 Å². The van der Waals surface area contributed by atoms with Crippen LogP contribution in [0.15, 0.2) is 46.9 Å². The SMILES string of the molecule is O=C(Nc1ccc(Br)cc1)c1ccc2c(c1)CNC2. The van der Waals surface area contributed by atoms with Crippen molar-refractivity contribution in [2.45, 2.75) is 13.1 Å². The van der Waals surface area contributed by atoms with Crippen LogP contribution in [-0.2, 0) is 13.1 Å². The van der Waals surface area contributed by atoms with Crippen LogP contribution in [0.1, 0.15) is 21.5 Å². The molecular weight excluding hydrogens is 304 g/mol. The van der Waals surface area contributed by atoms with Crippen molar-refractivity contribution in [1.29, 1.82) is 0 Å². The Balaban J connectivity index is 1.78. The molecule has 1 amide bonds. The Morgan fingerprint density at radius 3 is 2.58 bits per heavy atom. The van der Waals surface area contributed by atoms with Gasteiger partial charge in [0.05, 0.1) is 0 Å². The minimum atomic E-state index is -0.0722. The van der Waals surface area contributed by atoms with Crippen molar-refractivity contribution in [2.24, 2.45) is 0 Å². The van der Waals surface area contributed by atoms with Gasteiger partial charge in [-0.05, 0) is 47.5 Å². The molecular formula is C15H13BrN2O. The first-order chi connectivity index (χ1) is 9.22. The van der Waals surface area contributed by atoms with Crippen LogP contribution in [0.2, 0.25) is 0 Å². The van der Waals surface area contributed by atoms with Crippen LogP contribution in [0, 0.1) is 0 Å².